The van der Waals surface area contributed by atoms with Crippen molar-refractivity contribution in [3.8, 4) is 33.4 Å². The average molecular weight is 669 g/mol. The summed E-state index contributed by atoms with van der Waals surface area (Å²) in [5, 5.41) is 5.74. The van der Waals surface area contributed by atoms with Gasteiger partial charge in [0.25, 0.3) is 0 Å². The molecule has 2 heteroatoms. The number of hydrogen-bond acceptors (Lipinski definition) is 2. The summed E-state index contributed by atoms with van der Waals surface area (Å²) in [6.45, 7) is 0. The lowest BCUT2D eigenvalue weighted by molar-refractivity contribution is 0.673. The lowest BCUT2D eigenvalue weighted by Crippen LogP contribution is -2.12. The molecular weight excluding hydrogens is 631 g/mol. The number of nitrogens with zero attached hydrogens (tertiary/aromatic N) is 1. The molecule has 1 heterocycles. The van der Waals surface area contributed by atoms with Crippen LogP contribution in [0.1, 0.15) is 6.85 Å². The smallest absolute Gasteiger partial charge is 0.143 e. The number of fused-ring (bicyclic) bond motifs is 8. The summed E-state index contributed by atoms with van der Waals surface area (Å²) in [5.41, 5.74) is 8.50. The van der Waals surface area contributed by atoms with Crippen molar-refractivity contribution in [3.05, 3.63) is 200 Å². The SMILES string of the molecule is [2H]c1c([2H])c([2H])c(-c2ccc3oc4c5ccccc5c5ccccc5c4c3c2N(c2ccc(-c3ccccc3)cc2)c2ccc(-c3ccccc3)cc2)c([2H])c1[2H]. The quantitative estimate of drug-likeness (QED) is 0.164. The molecule has 0 aliphatic heterocycles. The minimum Gasteiger partial charge on any atom is -0.455 e. The molecule has 10 rings (SSSR count). The minimum absolute atomic E-state index is 0.115. The first-order valence-electron chi connectivity index (χ1n) is 19.9. The van der Waals surface area contributed by atoms with Crippen LogP contribution in [0.3, 0.4) is 0 Å². The summed E-state index contributed by atoms with van der Waals surface area (Å²) in [4.78, 5) is 2.14. The Labute approximate surface area is 309 Å². The standard InChI is InChI=1S/C50H33NO/c1-4-14-34(15-5-1)36-24-28-39(29-25-36)51(40-30-26-37(27-31-40)35-16-6-2-7-17-35)49-41(38-18-8-3-9-19-38)32-33-46-48(49)47-44-22-12-10-20-42(44)43-21-11-13-23-45(43)50(47)52-46/h1-33H/i3D,8D,9D,18D,19D. The second-order valence-electron chi connectivity index (χ2n) is 12.9. The zero-order valence-electron chi connectivity index (χ0n) is 33.0. The number of benzene rings is 9. The van der Waals surface area contributed by atoms with Crippen molar-refractivity contribution in [2.75, 3.05) is 4.90 Å². The summed E-state index contributed by atoms with van der Waals surface area (Å²) < 4.78 is 51.2. The summed E-state index contributed by atoms with van der Waals surface area (Å²) in [6, 6.07) is 55.6. The van der Waals surface area contributed by atoms with Gasteiger partial charge in [-0.2, -0.15) is 0 Å². The van der Waals surface area contributed by atoms with E-state index in [1.165, 1.54) is 0 Å². The van der Waals surface area contributed by atoms with Gasteiger partial charge in [0, 0.05) is 27.7 Å². The Bertz CT molecular complexity index is 3050. The highest BCUT2D eigenvalue weighted by Gasteiger charge is 2.26. The molecule has 0 bridgehead atoms. The van der Waals surface area contributed by atoms with Crippen LogP contribution in [-0.2, 0) is 0 Å². The van der Waals surface area contributed by atoms with Gasteiger partial charge in [0.2, 0.25) is 0 Å². The van der Waals surface area contributed by atoms with Crippen LogP contribution in [0.5, 0.6) is 0 Å². The fourth-order valence-corrected chi connectivity index (χ4v) is 7.57. The maximum absolute atomic E-state index is 9.22. The largest absolute Gasteiger partial charge is 0.455 e. The van der Waals surface area contributed by atoms with Crippen LogP contribution in [0.15, 0.2) is 204 Å². The van der Waals surface area contributed by atoms with Gasteiger partial charge in [0.15, 0.2) is 0 Å². The van der Waals surface area contributed by atoms with Crippen LogP contribution < -0.4 is 4.90 Å². The maximum Gasteiger partial charge on any atom is 0.143 e. The molecule has 1 aromatic heterocycles. The van der Waals surface area contributed by atoms with Crippen LogP contribution in [0.25, 0.3) is 76.9 Å². The fourth-order valence-electron chi connectivity index (χ4n) is 7.57. The third-order valence-corrected chi connectivity index (χ3v) is 9.95. The zero-order chi connectivity index (χ0) is 38.8. The highest BCUT2D eigenvalue weighted by Crippen LogP contribution is 2.51. The van der Waals surface area contributed by atoms with Crippen molar-refractivity contribution in [1.29, 1.82) is 0 Å². The van der Waals surface area contributed by atoms with E-state index in [1.807, 2.05) is 72.8 Å². The zero-order valence-corrected chi connectivity index (χ0v) is 28.0. The van der Waals surface area contributed by atoms with E-state index >= 15 is 0 Å². The second kappa shape index (κ2) is 12.5. The van der Waals surface area contributed by atoms with Crippen molar-refractivity contribution >= 4 is 60.5 Å². The highest BCUT2D eigenvalue weighted by atomic mass is 16.3. The average Bonchev–Trinajstić information content (AvgIpc) is 3.67. The minimum atomic E-state index is -0.438. The number of anilines is 3. The third kappa shape index (κ3) is 4.96. The Balaban J connectivity index is 1.36. The van der Waals surface area contributed by atoms with Crippen LogP contribution >= 0.6 is 0 Å². The molecule has 52 heavy (non-hydrogen) atoms. The van der Waals surface area contributed by atoms with Crippen LogP contribution in [0, 0.1) is 0 Å². The van der Waals surface area contributed by atoms with Crippen molar-refractivity contribution in [3.63, 3.8) is 0 Å². The first-order valence-corrected chi connectivity index (χ1v) is 17.4. The first-order chi connectivity index (χ1) is 27.9. The lowest BCUT2D eigenvalue weighted by atomic mass is 9.93. The summed E-state index contributed by atoms with van der Waals surface area (Å²) >= 11 is 0. The van der Waals surface area contributed by atoms with Gasteiger partial charge in [0.1, 0.15) is 11.2 Å². The predicted octanol–water partition coefficient (Wildman–Crippen LogP) is 14.4. The third-order valence-electron chi connectivity index (χ3n) is 9.95. The van der Waals surface area contributed by atoms with E-state index in [4.69, 9.17) is 8.53 Å². The van der Waals surface area contributed by atoms with Crippen molar-refractivity contribution in [2.45, 2.75) is 0 Å². The molecule has 0 atom stereocenters. The normalized spacial score (nSPS) is 12.8. The van der Waals surface area contributed by atoms with E-state index in [1.54, 1.807) is 0 Å². The van der Waals surface area contributed by atoms with Gasteiger partial charge in [-0.05, 0) is 80.4 Å². The van der Waals surface area contributed by atoms with Gasteiger partial charge < -0.3 is 9.32 Å². The van der Waals surface area contributed by atoms with E-state index in [0.717, 1.165) is 71.5 Å². The highest BCUT2D eigenvalue weighted by molar-refractivity contribution is 6.33. The van der Waals surface area contributed by atoms with Crippen molar-refractivity contribution in [2.24, 2.45) is 0 Å². The Kier molecular flexibility index (Phi) is 6.01. The monoisotopic (exact) mass is 668 g/mol. The molecule has 0 amide bonds. The molecule has 0 aliphatic rings. The molecule has 0 radical (unpaired) electrons. The summed E-state index contributed by atoms with van der Waals surface area (Å²) in [7, 11) is 0. The Morgan fingerprint density at radius 3 is 1.44 bits per heavy atom. The van der Waals surface area contributed by atoms with E-state index < -0.39 is 18.1 Å². The van der Waals surface area contributed by atoms with Gasteiger partial charge in [-0.15, -0.1) is 0 Å². The van der Waals surface area contributed by atoms with Gasteiger partial charge in [-0.1, -0.05) is 164 Å². The van der Waals surface area contributed by atoms with E-state index in [-0.39, 0.29) is 17.6 Å². The molecule has 0 aliphatic carbocycles. The molecule has 0 saturated carbocycles. The fraction of sp³-hybridized carbons (Fsp3) is 0. The molecule has 10 aromatic rings. The van der Waals surface area contributed by atoms with E-state index in [0.29, 0.717) is 16.8 Å². The summed E-state index contributed by atoms with van der Waals surface area (Å²) in [5.74, 6) is 0. The number of hydrogen-bond donors (Lipinski definition) is 0. The molecule has 244 valence electrons. The first kappa shape index (κ1) is 25.1. The maximum atomic E-state index is 9.22. The van der Waals surface area contributed by atoms with Crippen LogP contribution in [0.2, 0.25) is 0 Å². The molecule has 2 nitrogen and oxygen atoms in total. The topological polar surface area (TPSA) is 16.4 Å². The van der Waals surface area contributed by atoms with E-state index in [2.05, 4.69) is 102 Å². The van der Waals surface area contributed by atoms with Gasteiger partial charge >= 0.3 is 0 Å². The van der Waals surface area contributed by atoms with Crippen LogP contribution in [0.4, 0.5) is 17.1 Å². The molecule has 0 unspecified atom stereocenters. The Morgan fingerprint density at radius 2 is 0.865 bits per heavy atom. The van der Waals surface area contributed by atoms with Gasteiger partial charge in [0.05, 0.1) is 17.9 Å². The molecule has 0 saturated heterocycles. The molecule has 0 spiro atoms. The summed E-state index contributed by atoms with van der Waals surface area (Å²) in [6.07, 6.45) is 0. The van der Waals surface area contributed by atoms with Crippen molar-refractivity contribution < 1.29 is 11.3 Å². The number of rotatable bonds is 6. The second-order valence-corrected chi connectivity index (χ2v) is 12.9. The van der Waals surface area contributed by atoms with Gasteiger partial charge in [-0.3, -0.25) is 0 Å². The Hall–Kier alpha value is -6.90. The number of furan rings is 1. The predicted molar refractivity (Wildman–Crippen MR) is 220 cm³/mol. The molecule has 0 fully saturated rings. The Morgan fingerprint density at radius 1 is 0.385 bits per heavy atom. The van der Waals surface area contributed by atoms with Crippen molar-refractivity contribution in [1.82, 2.24) is 0 Å². The van der Waals surface area contributed by atoms with E-state index in [9.17, 15) is 2.74 Å². The lowest BCUT2D eigenvalue weighted by Gasteiger charge is -2.29. The molecule has 9 aromatic carbocycles. The van der Waals surface area contributed by atoms with Crippen LogP contribution in [-0.4, -0.2) is 0 Å². The molecular formula is C50H33NO. The van der Waals surface area contributed by atoms with Gasteiger partial charge in [-0.25, -0.2) is 0 Å². The molecule has 0 N–H and O–H groups in total.